The van der Waals surface area contributed by atoms with Gasteiger partial charge in [-0.3, -0.25) is 0 Å². The largest absolute Gasteiger partial charge is 0.489 e. The second-order valence-corrected chi connectivity index (χ2v) is 7.51. The Labute approximate surface area is 165 Å². The lowest BCUT2D eigenvalue weighted by Gasteiger charge is -2.18. The molecule has 2 aromatic rings. The van der Waals surface area contributed by atoms with E-state index in [9.17, 15) is 0 Å². The van der Waals surface area contributed by atoms with Crippen LogP contribution in [-0.4, -0.2) is 6.04 Å². The maximum Gasteiger partial charge on any atom is 0.124 e. The van der Waals surface area contributed by atoms with Gasteiger partial charge >= 0.3 is 0 Å². The van der Waals surface area contributed by atoms with Gasteiger partial charge in [0.05, 0.1) is 0 Å². The van der Waals surface area contributed by atoms with Crippen LogP contribution in [0.3, 0.4) is 0 Å². The number of rotatable bonds is 6. The summed E-state index contributed by atoms with van der Waals surface area (Å²) in [4.78, 5) is 0. The number of halogens is 2. The summed E-state index contributed by atoms with van der Waals surface area (Å²) < 4.78 is 7.19. The van der Waals surface area contributed by atoms with Gasteiger partial charge in [-0.2, -0.15) is 0 Å². The van der Waals surface area contributed by atoms with E-state index < -0.39 is 0 Å². The number of benzene rings is 2. The van der Waals surface area contributed by atoms with E-state index in [1.165, 1.54) is 49.7 Å². The zero-order valence-corrected chi connectivity index (χ0v) is 16.9. The molecule has 3 rings (SSSR count). The highest BCUT2D eigenvalue weighted by Gasteiger charge is 2.13. The van der Waals surface area contributed by atoms with Crippen LogP contribution in [0.5, 0.6) is 5.75 Å². The molecule has 0 atom stereocenters. The van der Waals surface area contributed by atoms with Crippen molar-refractivity contribution in [1.29, 1.82) is 0 Å². The lowest BCUT2D eigenvalue weighted by molar-refractivity contribution is 0.301. The van der Waals surface area contributed by atoms with Crippen molar-refractivity contribution in [3.63, 3.8) is 0 Å². The minimum Gasteiger partial charge on any atom is -0.489 e. The van der Waals surface area contributed by atoms with E-state index in [0.29, 0.717) is 12.6 Å². The van der Waals surface area contributed by atoms with Crippen LogP contribution in [0.25, 0.3) is 0 Å². The average molecular weight is 425 g/mol. The van der Waals surface area contributed by atoms with E-state index >= 15 is 0 Å². The average Bonchev–Trinajstić information content (AvgIpc) is 2.89. The minimum atomic E-state index is 0. The highest BCUT2D eigenvalue weighted by Crippen LogP contribution is 2.25. The zero-order valence-electron chi connectivity index (χ0n) is 14.5. The summed E-state index contributed by atoms with van der Waals surface area (Å²) in [6.45, 7) is 1.48. The van der Waals surface area contributed by atoms with Gasteiger partial charge in [0.25, 0.3) is 0 Å². The molecule has 2 aromatic carbocycles. The molecule has 1 saturated carbocycles. The molecule has 0 spiro atoms. The smallest absolute Gasteiger partial charge is 0.124 e. The normalized spacial score (nSPS) is 15.2. The van der Waals surface area contributed by atoms with E-state index in [0.717, 1.165) is 16.8 Å². The predicted octanol–water partition coefficient (Wildman–Crippen LogP) is 6.26. The van der Waals surface area contributed by atoms with Gasteiger partial charge in [-0.25, -0.2) is 0 Å². The van der Waals surface area contributed by atoms with Crippen LogP contribution >= 0.6 is 28.3 Å². The zero-order chi connectivity index (χ0) is 16.6. The van der Waals surface area contributed by atoms with Crippen LogP contribution in [0.2, 0.25) is 0 Å². The van der Waals surface area contributed by atoms with E-state index in [2.05, 4.69) is 63.7 Å². The summed E-state index contributed by atoms with van der Waals surface area (Å²) in [5, 5.41) is 3.74. The molecule has 0 saturated heterocycles. The van der Waals surface area contributed by atoms with Crippen LogP contribution < -0.4 is 10.1 Å². The molecular weight excluding hydrogens is 398 g/mol. The lowest BCUT2D eigenvalue weighted by Crippen LogP contribution is -2.28. The third kappa shape index (κ3) is 6.65. The van der Waals surface area contributed by atoms with Crippen molar-refractivity contribution in [1.82, 2.24) is 5.32 Å². The summed E-state index contributed by atoms with van der Waals surface area (Å²) in [5.41, 5.74) is 2.42. The first-order valence-corrected chi connectivity index (χ1v) is 9.79. The molecular formula is C21H27BrClNO. The molecule has 2 nitrogen and oxygen atoms in total. The Morgan fingerprint density at radius 2 is 1.68 bits per heavy atom. The molecule has 1 aliphatic rings. The van der Waals surface area contributed by atoms with E-state index in [1.54, 1.807) is 0 Å². The molecule has 1 N–H and O–H groups in total. The quantitative estimate of drug-likeness (QED) is 0.552. The monoisotopic (exact) mass is 423 g/mol. The first-order chi connectivity index (χ1) is 11.8. The molecule has 0 amide bonds. The van der Waals surface area contributed by atoms with Crippen molar-refractivity contribution in [2.24, 2.45) is 0 Å². The Kier molecular flexibility index (Phi) is 8.80. The molecule has 1 fully saturated rings. The van der Waals surface area contributed by atoms with Gasteiger partial charge in [-0.05, 0) is 36.6 Å². The number of hydrogen-bond donors (Lipinski definition) is 1. The molecule has 0 aliphatic heterocycles. The van der Waals surface area contributed by atoms with Gasteiger partial charge in [0.1, 0.15) is 12.4 Å². The molecule has 25 heavy (non-hydrogen) atoms. The molecule has 0 aromatic heterocycles. The Morgan fingerprint density at radius 3 is 2.40 bits per heavy atom. The summed E-state index contributed by atoms with van der Waals surface area (Å²) in [6, 6.07) is 17.3. The topological polar surface area (TPSA) is 21.3 Å². The van der Waals surface area contributed by atoms with Crippen molar-refractivity contribution < 1.29 is 4.74 Å². The Hall–Kier alpha value is -1.03. The maximum absolute atomic E-state index is 6.08. The molecule has 0 radical (unpaired) electrons. The maximum atomic E-state index is 6.08. The van der Waals surface area contributed by atoms with Crippen molar-refractivity contribution >= 4 is 28.3 Å². The molecule has 0 unspecified atom stereocenters. The van der Waals surface area contributed by atoms with Gasteiger partial charge in [0.15, 0.2) is 0 Å². The third-order valence-electron chi connectivity index (χ3n) is 4.70. The van der Waals surface area contributed by atoms with Crippen molar-refractivity contribution in [2.45, 2.75) is 57.7 Å². The van der Waals surface area contributed by atoms with Crippen molar-refractivity contribution in [3.05, 3.63) is 64.1 Å². The van der Waals surface area contributed by atoms with Crippen LogP contribution in [0.4, 0.5) is 0 Å². The number of hydrogen-bond acceptors (Lipinski definition) is 2. The first kappa shape index (κ1) is 20.3. The highest BCUT2D eigenvalue weighted by atomic mass is 79.9. The fourth-order valence-electron chi connectivity index (χ4n) is 3.30. The molecule has 0 bridgehead atoms. The van der Waals surface area contributed by atoms with Crippen LogP contribution in [-0.2, 0) is 13.2 Å². The van der Waals surface area contributed by atoms with Crippen LogP contribution in [0.15, 0.2) is 53.0 Å². The second kappa shape index (κ2) is 10.8. The summed E-state index contributed by atoms with van der Waals surface area (Å²) >= 11 is 3.59. The molecule has 136 valence electrons. The fraction of sp³-hybridized carbons (Fsp3) is 0.429. The van der Waals surface area contributed by atoms with Gasteiger partial charge in [-0.15, -0.1) is 12.4 Å². The van der Waals surface area contributed by atoms with Gasteiger partial charge in [0, 0.05) is 22.6 Å². The summed E-state index contributed by atoms with van der Waals surface area (Å²) in [5.74, 6) is 0.975. The lowest BCUT2D eigenvalue weighted by atomic mass is 10.1. The number of ether oxygens (including phenoxy) is 1. The standard InChI is InChI=1S/C21H26BrNO.ClH/c22-19-12-13-21(24-16-17-8-4-3-5-9-17)18(14-19)15-23-20-10-6-1-2-7-11-20;/h3-5,8-9,12-14,20,23H,1-2,6-7,10-11,15-16H2;1H. The van der Waals surface area contributed by atoms with Crippen molar-refractivity contribution in [3.8, 4) is 5.75 Å². The molecule has 1 aliphatic carbocycles. The van der Waals surface area contributed by atoms with Gasteiger partial charge in [0.2, 0.25) is 0 Å². The van der Waals surface area contributed by atoms with E-state index in [1.807, 2.05) is 6.07 Å². The Bertz CT molecular complexity index is 627. The third-order valence-corrected chi connectivity index (χ3v) is 5.19. The molecule has 4 heteroatoms. The minimum absolute atomic E-state index is 0. The Morgan fingerprint density at radius 1 is 0.960 bits per heavy atom. The highest BCUT2D eigenvalue weighted by molar-refractivity contribution is 9.10. The van der Waals surface area contributed by atoms with Gasteiger partial charge in [-0.1, -0.05) is 71.9 Å². The van der Waals surface area contributed by atoms with Crippen LogP contribution in [0.1, 0.15) is 49.7 Å². The Balaban J connectivity index is 0.00000225. The second-order valence-electron chi connectivity index (χ2n) is 6.60. The van der Waals surface area contributed by atoms with Crippen LogP contribution in [0, 0.1) is 0 Å². The van der Waals surface area contributed by atoms with Crippen molar-refractivity contribution in [2.75, 3.05) is 0 Å². The summed E-state index contributed by atoms with van der Waals surface area (Å²) in [6.07, 6.45) is 8.09. The van der Waals surface area contributed by atoms with Gasteiger partial charge < -0.3 is 10.1 Å². The van der Waals surface area contributed by atoms with E-state index in [-0.39, 0.29) is 12.4 Å². The van der Waals surface area contributed by atoms with E-state index in [4.69, 9.17) is 4.74 Å². The molecule has 0 heterocycles. The first-order valence-electron chi connectivity index (χ1n) is 9.00. The SMILES string of the molecule is Brc1ccc(OCc2ccccc2)c(CNC2CCCCCC2)c1.Cl. The predicted molar refractivity (Wildman–Crippen MR) is 110 cm³/mol. The summed E-state index contributed by atoms with van der Waals surface area (Å²) in [7, 11) is 0. The fourth-order valence-corrected chi connectivity index (χ4v) is 3.71. The number of nitrogens with one attached hydrogen (secondary N) is 1.